The SMILES string of the molecule is CCOC(=O)C1=C(C)OC(N)=C(c2nc3ccccc3s2)C1c1ccc(-c2ccccc2)o1. The summed E-state index contributed by atoms with van der Waals surface area (Å²) in [5, 5.41) is 0.672. The summed E-state index contributed by atoms with van der Waals surface area (Å²) in [5.41, 5.74) is 9.14. The van der Waals surface area contributed by atoms with E-state index < -0.39 is 11.9 Å². The van der Waals surface area contributed by atoms with Gasteiger partial charge < -0.3 is 19.6 Å². The molecule has 2 aromatic heterocycles. The molecular formula is C26H22N2O4S. The molecule has 0 saturated heterocycles. The minimum Gasteiger partial charge on any atom is -0.463 e. The zero-order valence-corrected chi connectivity index (χ0v) is 19.0. The highest BCUT2D eigenvalue weighted by molar-refractivity contribution is 7.19. The molecular weight excluding hydrogens is 436 g/mol. The molecule has 166 valence electrons. The number of carbonyl (C=O) groups is 1. The normalized spacial score (nSPS) is 16.2. The van der Waals surface area contributed by atoms with E-state index in [2.05, 4.69) is 0 Å². The van der Waals surface area contributed by atoms with Crippen LogP contribution in [0.3, 0.4) is 0 Å². The number of furan rings is 1. The molecule has 0 aliphatic carbocycles. The summed E-state index contributed by atoms with van der Waals surface area (Å²) in [7, 11) is 0. The van der Waals surface area contributed by atoms with Crippen LogP contribution in [0.1, 0.15) is 30.5 Å². The van der Waals surface area contributed by atoms with Crippen LogP contribution in [-0.2, 0) is 14.3 Å². The Morgan fingerprint density at radius 2 is 1.85 bits per heavy atom. The number of thiazole rings is 1. The summed E-state index contributed by atoms with van der Waals surface area (Å²) in [5.74, 6) is 0.761. The zero-order chi connectivity index (χ0) is 22.9. The first-order valence-electron chi connectivity index (χ1n) is 10.6. The van der Waals surface area contributed by atoms with Gasteiger partial charge in [0.1, 0.15) is 22.3 Å². The molecule has 0 fully saturated rings. The summed E-state index contributed by atoms with van der Waals surface area (Å²) in [4.78, 5) is 17.8. The Morgan fingerprint density at radius 1 is 1.09 bits per heavy atom. The van der Waals surface area contributed by atoms with Crippen molar-refractivity contribution in [2.75, 3.05) is 6.61 Å². The predicted molar refractivity (Wildman–Crippen MR) is 128 cm³/mol. The lowest BCUT2D eigenvalue weighted by Gasteiger charge is -2.27. The van der Waals surface area contributed by atoms with Crippen molar-refractivity contribution in [3.63, 3.8) is 0 Å². The van der Waals surface area contributed by atoms with Crippen molar-refractivity contribution in [1.82, 2.24) is 4.98 Å². The van der Waals surface area contributed by atoms with E-state index >= 15 is 0 Å². The maximum Gasteiger partial charge on any atom is 0.338 e. The molecule has 0 amide bonds. The van der Waals surface area contributed by atoms with E-state index in [1.54, 1.807) is 13.8 Å². The van der Waals surface area contributed by atoms with Gasteiger partial charge in [-0.3, -0.25) is 0 Å². The molecule has 0 bridgehead atoms. The smallest absolute Gasteiger partial charge is 0.338 e. The number of benzene rings is 2. The number of nitrogens with zero attached hydrogens (tertiary/aromatic N) is 1. The minimum absolute atomic E-state index is 0.197. The molecule has 2 N–H and O–H groups in total. The minimum atomic E-state index is -0.615. The number of hydrogen-bond acceptors (Lipinski definition) is 7. The molecule has 0 spiro atoms. The van der Waals surface area contributed by atoms with Gasteiger partial charge in [0.25, 0.3) is 0 Å². The van der Waals surface area contributed by atoms with Crippen LogP contribution < -0.4 is 5.73 Å². The maximum absolute atomic E-state index is 13.0. The number of fused-ring (bicyclic) bond motifs is 1. The Bertz CT molecular complexity index is 1360. The number of hydrogen-bond donors (Lipinski definition) is 1. The fraction of sp³-hybridized carbons (Fsp3) is 0.154. The van der Waals surface area contributed by atoms with Crippen LogP contribution in [0.15, 0.2) is 88.4 Å². The fourth-order valence-electron chi connectivity index (χ4n) is 4.00. The van der Waals surface area contributed by atoms with Crippen LogP contribution in [0.4, 0.5) is 0 Å². The highest BCUT2D eigenvalue weighted by Crippen LogP contribution is 2.47. The lowest BCUT2D eigenvalue weighted by molar-refractivity contribution is -0.139. The predicted octanol–water partition coefficient (Wildman–Crippen LogP) is 5.83. The van der Waals surface area contributed by atoms with E-state index in [1.807, 2.05) is 66.7 Å². The molecule has 1 aliphatic heterocycles. The molecule has 4 aromatic rings. The number of allylic oxidation sites excluding steroid dienone is 2. The van der Waals surface area contributed by atoms with Gasteiger partial charge >= 0.3 is 5.97 Å². The molecule has 2 aromatic carbocycles. The van der Waals surface area contributed by atoms with Crippen LogP contribution in [0.25, 0.3) is 27.1 Å². The van der Waals surface area contributed by atoms with Crippen molar-refractivity contribution in [2.24, 2.45) is 5.73 Å². The highest BCUT2D eigenvalue weighted by Gasteiger charge is 2.40. The summed E-state index contributed by atoms with van der Waals surface area (Å²) < 4.78 is 18.5. The largest absolute Gasteiger partial charge is 0.463 e. The van der Waals surface area contributed by atoms with Gasteiger partial charge in [0.2, 0.25) is 0 Å². The van der Waals surface area contributed by atoms with Crippen LogP contribution in [-0.4, -0.2) is 17.6 Å². The second-order valence-electron chi connectivity index (χ2n) is 7.56. The molecule has 1 aliphatic rings. The average molecular weight is 459 g/mol. The topological polar surface area (TPSA) is 87.6 Å². The molecule has 33 heavy (non-hydrogen) atoms. The van der Waals surface area contributed by atoms with Gasteiger partial charge in [-0.15, -0.1) is 11.3 Å². The lowest BCUT2D eigenvalue weighted by atomic mass is 9.86. The standard InChI is InChI=1S/C26H22N2O4S/c1-3-30-26(29)21-15(2)31-24(27)23(25-28-17-11-7-8-12-20(17)33-25)22(21)19-14-13-18(32-19)16-9-5-4-6-10-16/h4-14,22H,3,27H2,1-2H3. The van der Waals surface area contributed by atoms with Crippen molar-refractivity contribution >= 4 is 33.1 Å². The molecule has 1 unspecified atom stereocenters. The average Bonchev–Trinajstić information content (AvgIpc) is 3.46. The van der Waals surface area contributed by atoms with Crippen LogP contribution in [0.2, 0.25) is 0 Å². The van der Waals surface area contributed by atoms with Crippen LogP contribution in [0.5, 0.6) is 0 Å². The van der Waals surface area contributed by atoms with Crippen LogP contribution >= 0.6 is 11.3 Å². The molecule has 3 heterocycles. The first kappa shape index (κ1) is 21.0. The molecule has 0 radical (unpaired) electrons. The third-order valence-electron chi connectivity index (χ3n) is 5.47. The van der Waals surface area contributed by atoms with Gasteiger partial charge in [0.15, 0.2) is 5.88 Å². The fourth-order valence-corrected chi connectivity index (χ4v) is 5.05. The first-order valence-corrected chi connectivity index (χ1v) is 11.4. The Hall–Kier alpha value is -3.84. The lowest BCUT2D eigenvalue weighted by Crippen LogP contribution is -2.25. The van der Waals surface area contributed by atoms with E-state index in [9.17, 15) is 4.79 Å². The Morgan fingerprint density at radius 3 is 2.61 bits per heavy atom. The van der Waals surface area contributed by atoms with Gasteiger partial charge in [-0.2, -0.15) is 0 Å². The highest BCUT2D eigenvalue weighted by atomic mass is 32.1. The molecule has 6 nitrogen and oxygen atoms in total. The summed E-state index contributed by atoms with van der Waals surface area (Å²) in [6.07, 6.45) is 0. The summed E-state index contributed by atoms with van der Waals surface area (Å²) in [6.45, 7) is 3.72. The van der Waals surface area contributed by atoms with Crippen molar-refractivity contribution in [3.05, 3.63) is 94.7 Å². The molecule has 7 heteroatoms. The maximum atomic E-state index is 13.0. The van der Waals surface area contributed by atoms with Gasteiger partial charge in [-0.25, -0.2) is 9.78 Å². The molecule has 5 rings (SSSR count). The van der Waals surface area contributed by atoms with Gasteiger partial charge in [-0.05, 0) is 38.1 Å². The third-order valence-corrected chi connectivity index (χ3v) is 6.54. The number of aromatic nitrogens is 1. The van der Waals surface area contributed by atoms with E-state index in [0.717, 1.165) is 15.8 Å². The van der Waals surface area contributed by atoms with E-state index in [1.165, 1.54) is 11.3 Å². The second kappa shape index (κ2) is 8.60. The summed E-state index contributed by atoms with van der Waals surface area (Å²) >= 11 is 1.49. The number of nitrogens with two attached hydrogens (primary N) is 1. The number of esters is 1. The van der Waals surface area contributed by atoms with Gasteiger partial charge in [0.05, 0.1) is 33.9 Å². The Kier molecular flexibility index (Phi) is 5.48. The first-order chi connectivity index (χ1) is 16.1. The third kappa shape index (κ3) is 3.81. The van der Waals surface area contributed by atoms with Crippen molar-refractivity contribution in [3.8, 4) is 11.3 Å². The number of carbonyl (C=O) groups excluding carboxylic acids is 1. The van der Waals surface area contributed by atoms with Crippen molar-refractivity contribution < 1.29 is 18.7 Å². The Balaban J connectivity index is 1.68. The van der Waals surface area contributed by atoms with E-state index in [4.69, 9.17) is 24.6 Å². The number of ether oxygens (including phenoxy) is 2. The molecule has 0 saturated carbocycles. The number of para-hydroxylation sites is 1. The summed E-state index contributed by atoms with van der Waals surface area (Å²) in [6, 6.07) is 21.4. The van der Waals surface area contributed by atoms with Crippen molar-refractivity contribution in [1.29, 1.82) is 0 Å². The van der Waals surface area contributed by atoms with E-state index in [-0.39, 0.29) is 12.5 Å². The Labute approximate surface area is 195 Å². The monoisotopic (exact) mass is 458 g/mol. The zero-order valence-electron chi connectivity index (χ0n) is 18.2. The molecule has 1 atom stereocenters. The second-order valence-corrected chi connectivity index (χ2v) is 8.59. The number of rotatable bonds is 5. The quantitative estimate of drug-likeness (QED) is 0.378. The van der Waals surface area contributed by atoms with E-state index in [0.29, 0.717) is 33.4 Å². The van der Waals surface area contributed by atoms with Crippen LogP contribution in [0, 0.1) is 0 Å². The van der Waals surface area contributed by atoms with Gasteiger partial charge in [0, 0.05) is 5.56 Å². The van der Waals surface area contributed by atoms with Gasteiger partial charge in [-0.1, -0.05) is 42.5 Å². The van der Waals surface area contributed by atoms with Crippen molar-refractivity contribution in [2.45, 2.75) is 19.8 Å².